The first-order valence-electron chi connectivity index (χ1n) is 7.08. The Hall–Kier alpha value is -2.63. The molecule has 0 saturated carbocycles. The van der Waals surface area contributed by atoms with E-state index in [1.165, 1.54) is 24.3 Å². The summed E-state index contributed by atoms with van der Waals surface area (Å²) in [5.74, 6) is 0.420. The monoisotopic (exact) mass is 300 g/mol. The predicted octanol–water partition coefficient (Wildman–Crippen LogP) is 2.36. The van der Waals surface area contributed by atoms with Crippen molar-refractivity contribution in [3.63, 3.8) is 0 Å². The molecule has 0 spiro atoms. The Morgan fingerprint density at radius 3 is 2.45 bits per heavy atom. The Morgan fingerprint density at radius 2 is 1.95 bits per heavy atom. The zero-order chi connectivity index (χ0) is 16.1. The highest BCUT2D eigenvalue weighted by Gasteiger charge is 2.15. The Bertz CT molecular complexity index is 664. The second kappa shape index (κ2) is 6.89. The van der Waals surface area contributed by atoms with Crippen LogP contribution in [0.4, 0.5) is 5.69 Å². The van der Waals surface area contributed by atoms with E-state index in [1.807, 2.05) is 6.07 Å². The summed E-state index contributed by atoms with van der Waals surface area (Å²) >= 11 is 0. The van der Waals surface area contributed by atoms with Crippen LogP contribution in [0.2, 0.25) is 0 Å². The Kier molecular flexibility index (Phi) is 4.93. The van der Waals surface area contributed by atoms with Crippen molar-refractivity contribution in [1.82, 2.24) is 5.10 Å². The third-order valence-electron chi connectivity index (χ3n) is 3.18. The largest absolute Gasteiger partial charge is 0.287 e. The molecule has 0 saturated heterocycles. The molecule has 0 bridgehead atoms. The molecule has 0 N–H and O–H groups in total. The molecule has 2 rings (SSSR count). The molecule has 0 amide bonds. The number of aromatic nitrogens is 2. The van der Waals surface area contributed by atoms with Crippen LogP contribution >= 0.6 is 0 Å². The predicted molar refractivity (Wildman–Crippen MR) is 80.4 cm³/mol. The normalized spacial score (nSPS) is 10.7. The molecule has 0 aliphatic rings. The van der Waals surface area contributed by atoms with Gasteiger partial charge in [0.25, 0.3) is 5.69 Å². The number of rotatable bonds is 6. The average Bonchev–Trinajstić information content (AvgIpc) is 2.49. The standard InChI is InChI=1S/C16H18N3O3/c1-12(2)9-13-7-8-18(17-10-13)11-16(20)14-3-5-15(6-4-14)19(21)22/h3-8,10,12H,9,11H2,1-2H3/q+1. The summed E-state index contributed by atoms with van der Waals surface area (Å²) in [6.07, 6.45) is 4.49. The number of carbonyl (C=O) groups excluding carboxylic acids is 1. The van der Waals surface area contributed by atoms with Gasteiger partial charge in [-0.15, -0.1) is 0 Å². The molecule has 1 aromatic heterocycles. The van der Waals surface area contributed by atoms with Crippen LogP contribution in [-0.4, -0.2) is 15.8 Å². The maximum atomic E-state index is 12.1. The molecule has 114 valence electrons. The summed E-state index contributed by atoms with van der Waals surface area (Å²) in [6.45, 7) is 4.39. The van der Waals surface area contributed by atoms with E-state index in [2.05, 4.69) is 18.9 Å². The Labute approximate surface area is 128 Å². The molecule has 0 atom stereocenters. The number of nitro groups is 1. The molecule has 6 nitrogen and oxygen atoms in total. The zero-order valence-electron chi connectivity index (χ0n) is 12.6. The van der Waals surface area contributed by atoms with E-state index in [0.717, 1.165) is 12.0 Å². The molecule has 0 fully saturated rings. The number of nitrogens with zero attached hydrogens (tertiary/aromatic N) is 3. The van der Waals surface area contributed by atoms with E-state index in [0.29, 0.717) is 11.5 Å². The number of benzene rings is 1. The maximum absolute atomic E-state index is 12.1. The van der Waals surface area contributed by atoms with Crippen molar-refractivity contribution >= 4 is 11.5 Å². The van der Waals surface area contributed by atoms with Gasteiger partial charge in [0.1, 0.15) is 0 Å². The summed E-state index contributed by atoms with van der Waals surface area (Å²) in [5.41, 5.74) is 1.54. The van der Waals surface area contributed by atoms with E-state index in [9.17, 15) is 14.9 Å². The second-order valence-corrected chi connectivity index (χ2v) is 5.56. The summed E-state index contributed by atoms with van der Waals surface area (Å²) in [6, 6.07) is 7.55. The molecule has 0 aliphatic heterocycles. The number of Topliss-reactive ketones (excluding diaryl/α,β-unsaturated/α-hetero) is 1. The first-order valence-corrected chi connectivity index (χ1v) is 7.08. The second-order valence-electron chi connectivity index (χ2n) is 5.56. The minimum atomic E-state index is -0.488. The smallest absolute Gasteiger partial charge is 0.269 e. The summed E-state index contributed by atoms with van der Waals surface area (Å²) < 4.78 is 1.56. The van der Waals surface area contributed by atoms with Crippen LogP contribution in [0.5, 0.6) is 0 Å². The Balaban J connectivity index is 2.03. The van der Waals surface area contributed by atoms with Crippen LogP contribution in [0.25, 0.3) is 0 Å². The van der Waals surface area contributed by atoms with Gasteiger partial charge in [-0.25, -0.2) is 0 Å². The summed E-state index contributed by atoms with van der Waals surface area (Å²) in [4.78, 5) is 22.2. The number of hydrogen-bond donors (Lipinski definition) is 0. The molecule has 0 unspecified atom stereocenters. The van der Waals surface area contributed by atoms with Gasteiger partial charge < -0.3 is 0 Å². The van der Waals surface area contributed by atoms with Crippen LogP contribution in [-0.2, 0) is 13.0 Å². The van der Waals surface area contributed by atoms with Crippen molar-refractivity contribution in [2.75, 3.05) is 0 Å². The first-order chi connectivity index (χ1) is 10.5. The lowest BCUT2D eigenvalue weighted by molar-refractivity contribution is -0.741. The highest BCUT2D eigenvalue weighted by molar-refractivity contribution is 5.95. The van der Waals surface area contributed by atoms with E-state index in [4.69, 9.17) is 0 Å². The fraction of sp³-hybridized carbons (Fsp3) is 0.312. The molecule has 1 heterocycles. The lowest BCUT2D eigenvalue weighted by atomic mass is 10.1. The number of nitro benzene ring substituents is 1. The molecule has 1 aromatic carbocycles. The number of ketones is 1. The summed E-state index contributed by atoms with van der Waals surface area (Å²) in [5, 5.41) is 14.8. The lowest BCUT2D eigenvalue weighted by Gasteiger charge is -2.02. The van der Waals surface area contributed by atoms with Gasteiger partial charge in [0.15, 0.2) is 6.20 Å². The number of non-ortho nitro benzene ring substituents is 1. The lowest BCUT2D eigenvalue weighted by Crippen LogP contribution is -2.41. The minimum Gasteiger partial charge on any atom is -0.287 e. The molecule has 22 heavy (non-hydrogen) atoms. The molecule has 0 aliphatic carbocycles. The van der Waals surface area contributed by atoms with E-state index in [1.54, 1.807) is 17.1 Å². The van der Waals surface area contributed by atoms with Crippen LogP contribution in [0.15, 0.2) is 42.7 Å². The number of carbonyl (C=O) groups is 1. The van der Waals surface area contributed by atoms with Gasteiger partial charge in [0, 0.05) is 23.8 Å². The molecular formula is C16H18N3O3+. The van der Waals surface area contributed by atoms with Crippen LogP contribution in [0.3, 0.4) is 0 Å². The van der Waals surface area contributed by atoms with E-state index < -0.39 is 4.92 Å². The Morgan fingerprint density at radius 1 is 1.27 bits per heavy atom. The fourth-order valence-corrected chi connectivity index (χ4v) is 2.10. The van der Waals surface area contributed by atoms with Crippen LogP contribution in [0.1, 0.15) is 29.8 Å². The van der Waals surface area contributed by atoms with Crippen molar-refractivity contribution < 1.29 is 14.4 Å². The number of hydrogen-bond acceptors (Lipinski definition) is 4. The van der Waals surface area contributed by atoms with Crippen molar-refractivity contribution in [2.45, 2.75) is 26.8 Å². The molecule has 0 radical (unpaired) electrons. The van der Waals surface area contributed by atoms with Gasteiger partial charge in [-0.3, -0.25) is 14.9 Å². The average molecular weight is 300 g/mol. The summed E-state index contributed by atoms with van der Waals surface area (Å²) in [7, 11) is 0. The first kappa shape index (κ1) is 15.8. The molecule has 6 heteroatoms. The minimum absolute atomic E-state index is 0.0274. The van der Waals surface area contributed by atoms with Gasteiger partial charge in [-0.1, -0.05) is 18.5 Å². The van der Waals surface area contributed by atoms with Crippen molar-refractivity contribution in [3.05, 3.63) is 64.0 Å². The van der Waals surface area contributed by atoms with Crippen molar-refractivity contribution in [3.8, 4) is 0 Å². The molecule has 2 aromatic rings. The fourth-order valence-electron chi connectivity index (χ4n) is 2.10. The highest BCUT2D eigenvalue weighted by Crippen LogP contribution is 2.12. The van der Waals surface area contributed by atoms with Gasteiger partial charge in [-0.2, -0.15) is 0 Å². The van der Waals surface area contributed by atoms with Gasteiger partial charge in [-0.05, 0) is 35.1 Å². The van der Waals surface area contributed by atoms with Gasteiger partial charge in [0.2, 0.25) is 12.3 Å². The van der Waals surface area contributed by atoms with Crippen LogP contribution < -0.4 is 4.68 Å². The van der Waals surface area contributed by atoms with Crippen LogP contribution in [0, 0.1) is 16.0 Å². The van der Waals surface area contributed by atoms with Gasteiger partial charge >= 0.3 is 0 Å². The van der Waals surface area contributed by atoms with Gasteiger partial charge in [0.05, 0.1) is 11.1 Å². The van der Waals surface area contributed by atoms with E-state index >= 15 is 0 Å². The third-order valence-corrected chi connectivity index (χ3v) is 3.18. The quantitative estimate of drug-likeness (QED) is 0.355. The van der Waals surface area contributed by atoms with Crippen molar-refractivity contribution in [1.29, 1.82) is 0 Å². The third kappa shape index (κ3) is 4.18. The maximum Gasteiger partial charge on any atom is 0.269 e. The topological polar surface area (TPSA) is 77.0 Å². The molecular weight excluding hydrogens is 282 g/mol. The van der Waals surface area contributed by atoms with E-state index in [-0.39, 0.29) is 18.0 Å². The van der Waals surface area contributed by atoms with Crippen molar-refractivity contribution in [2.24, 2.45) is 5.92 Å². The zero-order valence-corrected chi connectivity index (χ0v) is 12.6. The SMILES string of the molecule is CC(C)Cc1cc[n+](CC(=O)c2ccc([N+](=O)[O-])cc2)nc1. The highest BCUT2D eigenvalue weighted by atomic mass is 16.6.